The van der Waals surface area contributed by atoms with Crippen LogP contribution in [-0.2, 0) is 0 Å². The number of hydrogen-bond donors (Lipinski definition) is 0. The third-order valence-electron chi connectivity index (χ3n) is 6.59. The molecule has 4 aromatic rings. The molecule has 1 aliphatic carbocycles. The van der Waals surface area contributed by atoms with Gasteiger partial charge in [0.15, 0.2) is 0 Å². The van der Waals surface area contributed by atoms with Gasteiger partial charge in [0.2, 0.25) is 0 Å². The summed E-state index contributed by atoms with van der Waals surface area (Å²) in [6.45, 7) is 4.45. The van der Waals surface area contributed by atoms with Crippen LogP contribution in [0.1, 0.15) is 30.0 Å². The fourth-order valence-corrected chi connectivity index (χ4v) is 4.63. The molecule has 0 heterocycles. The Bertz CT molecular complexity index is 1310. The van der Waals surface area contributed by atoms with E-state index in [4.69, 9.17) is 0 Å². The van der Waals surface area contributed by atoms with E-state index >= 15 is 0 Å². The van der Waals surface area contributed by atoms with E-state index in [0.29, 0.717) is 0 Å². The van der Waals surface area contributed by atoms with Gasteiger partial charge in [0.05, 0.1) is 0 Å². The normalized spacial score (nSPS) is 16.9. The molecule has 1 nitrogen and oxygen atoms in total. The highest BCUT2D eigenvalue weighted by Crippen LogP contribution is 2.39. The molecule has 0 spiro atoms. The van der Waals surface area contributed by atoms with Crippen LogP contribution in [0.25, 0.3) is 5.57 Å². The summed E-state index contributed by atoms with van der Waals surface area (Å²) in [7, 11) is 0. The minimum atomic E-state index is -0.0832. The van der Waals surface area contributed by atoms with Gasteiger partial charge in [0, 0.05) is 22.5 Å². The Morgan fingerprint density at radius 2 is 1.20 bits per heavy atom. The second-order valence-corrected chi connectivity index (χ2v) is 9.47. The Kier molecular flexibility index (Phi) is 6.50. The molecule has 0 saturated heterocycles. The van der Waals surface area contributed by atoms with Gasteiger partial charge in [-0.25, -0.2) is 0 Å². The predicted molar refractivity (Wildman–Crippen MR) is 150 cm³/mol. The van der Waals surface area contributed by atoms with Gasteiger partial charge in [-0.05, 0) is 60.4 Å². The maximum Gasteiger partial charge on any atom is 0.0461 e. The minimum Gasteiger partial charge on any atom is -0.311 e. The molecule has 0 amide bonds. The fourth-order valence-electron chi connectivity index (χ4n) is 4.63. The molecule has 0 fully saturated rings. The lowest BCUT2D eigenvalue weighted by Crippen LogP contribution is -2.20. The van der Waals surface area contributed by atoms with E-state index in [1.165, 1.54) is 39.3 Å². The first-order valence-electron chi connectivity index (χ1n) is 12.3. The fraction of sp³-hybridized carbons (Fsp3) is 0.118. The minimum absolute atomic E-state index is 0.0832. The summed E-state index contributed by atoms with van der Waals surface area (Å²) in [5.41, 5.74) is 8.48. The smallest absolute Gasteiger partial charge is 0.0461 e. The van der Waals surface area contributed by atoms with E-state index in [-0.39, 0.29) is 5.41 Å². The topological polar surface area (TPSA) is 3.24 Å². The van der Waals surface area contributed by atoms with Gasteiger partial charge in [-0.1, -0.05) is 122 Å². The van der Waals surface area contributed by atoms with Gasteiger partial charge in [0.25, 0.3) is 0 Å². The Hall–Kier alpha value is -4.10. The van der Waals surface area contributed by atoms with Crippen molar-refractivity contribution in [3.05, 3.63) is 162 Å². The summed E-state index contributed by atoms with van der Waals surface area (Å²) < 4.78 is 0. The molecule has 1 atom stereocenters. The zero-order chi connectivity index (χ0) is 24.1. The summed E-state index contributed by atoms with van der Waals surface area (Å²) in [5, 5.41) is 0. The summed E-state index contributed by atoms with van der Waals surface area (Å²) in [4.78, 5) is 2.34. The first kappa shape index (κ1) is 22.7. The third-order valence-corrected chi connectivity index (χ3v) is 6.59. The van der Waals surface area contributed by atoms with E-state index in [9.17, 15) is 0 Å². The van der Waals surface area contributed by atoms with Crippen LogP contribution >= 0.6 is 0 Å². The van der Waals surface area contributed by atoms with Crippen molar-refractivity contribution in [3.63, 3.8) is 0 Å². The van der Waals surface area contributed by atoms with Crippen LogP contribution in [0.4, 0.5) is 11.4 Å². The van der Waals surface area contributed by atoms with Crippen molar-refractivity contribution in [3.8, 4) is 0 Å². The van der Waals surface area contributed by atoms with Crippen molar-refractivity contribution < 1.29 is 0 Å². The van der Waals surface area contributed by atoms with Crippen LogP contribution in [0.2, 0.25) is 0 Å². The number of para-hydroxylation sites is 1. The van der Waals surface area contributed by atoms with E-state index in [1.807, 2.05) is 0 Å². The highest BCUT2D eigenvalue weighted by Gasteiger charge is 2.24. The maximum absolute atomic E-state index is 2.43. The van der Waals surface area contributed by atoms with Crippen LogP contribution in [0, 0.1) is 12.3 Å². The largest absolute Gasteiger partial charge is 0.311 e. The summed E-state index contributed by atoms with van der Waals surface area (Å²) in [6.07, 6.45) is 10.4. The molecule has 0 radical (unpaired) electrons. The van der Waals surface area contributed by atoms with Gasteiger partial charge in [-0.15, -0.1) is 0 Å². The Morgan fingerprint density at radius 3 is 1.71 bits per heavy atom. The molecule has 5 rings (SSSR count). The second-order valence-electron chi connectivity index (χ2n) is 9.47. The van der Waals surface area contributed by atoms with Crippen LogP contribution in [-0.4, -0.2) is 0 Å². The molecule has 1 aliphatic rings. The molecule has 172 valence electrons. The van der Waals surface area contributed by atoms with Crippen molar-refractivity contribution in [2.45, 2.75) is 20.3 Å². The van der Waals surface area contributed by atoms with Crippen molar-refractivity contribution in [2.75, 3.05) is 4.90 Å². The number of rotatable bonds is 6. The van der Waals surface area contributed by atoms with Crippen molar-refractivity contribution >= 4 is 16.9 Å². The zero-order valence-electron chi connectivity index (χ0n) is 20.4. The first-order valence-corrected chi connectivity index (χ1v) is 12.3. The number of benzene rings is 4. The molecule has 0 aromatic heterocycles. The molecule has 0 N–H and O–H groups in total. The van der Waals surface area contributed by atoms with E-state index < -0.39 is 0 Å². The lowest BCUT2D eigenvalue weighted by molar-refractivity contribution is 0.554. The number of aryl methyl sites for hydroxylation is 1. The van der Waals surface area contributed by atoms with Crippen molar-refractivity contribution in [1.82, 2.24) is 0 Å². The van der Waals surface area contributed by atoms with Gasteiger partial charge in [-0.3, -0.25) is 0 Å². The van der Waals surface area contributed by atoms with Crippen LogP contribution in [0.5, 0.6) is 0 Å². The number of nitrogens with zero attached hydrogens (tertiary/aromatic N) is 1. The molecular weight excluding hydrogens is 422 g/mol. The predicted octanol–water partition coefficient (Wildman–Crippen LogP) is 9.12. The van der Waals surface area contributed by atoms with Crippen LogP contribution in [0.3, 0.4) is 0 Å². The number of hydrogen-bond acceptors (Lipinski definition) is 1. The third kappa shape index (κ3) is 5.20. The molecule has 1 heteroatoms. The molecule has 0 unspecified atom stereocenters. The number of allylic oxidation sites excluding steroid dienone is 4. The quantitative estimate of drug-likeness (QED) is 0.281. The molecule has 4 aromatic carbocycles. The van der Waals surface area contributed by atoms with E-state index in [0.717, 1.165) is 6.42 Å². The van der Waals surface area contributed by atoms with Gasteiger partial charge < -0.3 is 4.90 Å². The maximum atomic E-state index is 2.43. The molecule has 35 heavy (non-hydrogen) atoms. The average Bonchev–Trinajstić information content (AvgIpc) is 2.91. The summed E-state index contributed by atoms with van der Waals surface area (Å²) in [5.74, 6) is 0. The lowest BCUT2D eigenvalue weighted by Gasteiger charge is -2.32. The first-order chi connectivity index (χ1) is 17.1. The zero-order valence-corrected chi connectivity index (χ0v) is 20.4. The van der Waals surface area contributed by atoms with Gasteiger partial charge >= 0.3 is 0 Å². The Labute approximate surface area is 209 Å². The van der Waals surface area contributed by atoms with Gasteiger partial charge in [0.1, 0.15) is 0 Å². The summed E-state index contributed by atoms with van der Waals surface area (Å²) in [6, 6.07) is 40.8. The molecular formula is C34H31N. The van der Waals surface area contributed by atoms with Crippen LogP contribution < -0.4 is 4.90 Å². The lowest BCUT2D eigenvalue weighted by atomic mass is 9.79. The van der Waals surface area contributed by atoms with Crippen molar-refractivity contribution in [1.29, 1.82) is 0 Å². The highest BCUT2D eigenvalue weighted by molar-refractivity contribution is 5.80. The van der Waals surface area contributed by atoms with Gasteiger partial charge in [-0.2, -0.15) is 0 Å². The SMILES string of the molecule is Cc1ccc(N(C2=CC[C@](C)(C=C(c3ccccc3)c3ccccc3)C=C2)c2ccccc2)cc1. The molecule has 0 bridgehead atoms. The molecule has 0 saturated carbocycles. The Balaban J connectivity index is 1.51. The van der Waals surface area contributed by atoms with Crippen LogP contribution in [0.15, 0.2) is 145 Å². The molecule has 0 aliphatic heterocycles. The summed E-state index contributed by atoms with van der Waals surface area (Å²) >= 11 is 0. The second kappa shape index (κ2) is 10.0. The van der Waals surface area contributed by atoms with E-state index in [2.05, 4.69) is 158 Å². The highest BCUT2D eigenvalue weighted by atomic mass is 15.1. The average molecular weight is 454 g/mol. The number of anilines is 2. The standard InChI is InChI=1S/C34H31N/c1-27-18-20-31(21-19-27)35(30-16-10-5-11-17-30)32-22-24-34(2,25-23-32)26-33(28-12-6-3-7-13-28)29-14-8-4-9-15-29/h3-24,26H,25H2,1-2H3/t34-/m1/s1. The Morgan fingerprint density at radius 1 is 0.686 bits per heavy atom. The van der Waals surface area contributed by atoms with E-state index in [1.54, 1.807) is 0 Å². The van der Waals surface area contributed by atoms with Crippen molar-refractivity contribution in [2.24, 2.45) is 5.41 Å². The monoisotopic (exact) mass is 453 g/mol.